The number of nitrogens with zero attached hydrogens (tertiary/aromatic N) is 3. The molecule has 1 aliphatic carbocycles. The second-order valence-electron chi connectivity index (χ2n) is 8.08. The van der Waals surface area contributed by atoms with Crippen LogP contribution in [0.2, 0.25) is 5.02 Å². The van der Waals surface area contributed by atoms with Crippen LogP contribution in [-0.4, -0.2) is 46.9 Å². The maximum Gasteiger partial charge on any atom is 0.235 e. The van der Waals surface area contributed by atoms with E-state index in [4.69, 9.17) is 11.6 Å². The fourth-order valence-corrected chi connectivity index (χ4v) is 4.31. The molecule has 0 spiro atoms. The molecule has 1 aliphatic heterocycles. The van der Waals surface area contributed by atoms with Crippen molar-refractivity contribution in [2.75, 3.05) is 25.0 Å². The SMILES string of the molecule is N#CC1(NC(=O)CN2CCCC(C(=O)Nc3ccc(Cl)cn3)C2)CCCCCC1. The van der Waals surface area contributed by atoms with Crippen LogP contribution in [0.3, 0.4) is 0 Å². The summed E-state index contributed by atoms with van der Waals surface area (Å²) in [5, 5.41) is 16.0. The third-order valence-electron chi connectivity index (χ3n) is 5.77. The summed E-state index contributed by atoms with van der Waals surface area (Å²) < 4.78 is 0. The van der Waals surface area contributed by atoms with Gasteiger partial charge in [-0.15, -0.1) is 0 Å². The third kappa shape index (κ3) is 6.15. The molecule has 156 valence electrons. The number of aromatic nitrogens is 1. The summed E-state index contributed by atoms with van der Waals surface area (Å²) >= 11 is 5.82. The van der Waals surface area contributed by atoms with Gasteiger partial charge in [0.25, 0.3) is 0 Å². The molecule has 3 rings (SSSR count). The molecule has 0 radical (unpaired) electrons. The molecule has 1 saturated carbocycles. The molecule has 2 heterocycles. The van der Waals surface area contributed by atoms with Crippen LogP contribution in [0.15, 0.2) is 18.3 Å². The van der Waals surface area contributed by atoms with Crippen LogP contribution < -0.4 is 10.6 Å². The second kappa shape index (κ2) is 10.0. The molecule has 29 heavy (non-hydrogen) atoms. The quantitative estimate of drug-likeness (QED) is 0.717. The number of hydrogen-bond donors (Lipinski definition) is 2. The van der Waals surface area contributed by atoms with Crippen LogP contribution in [0, 0.1) is 17.2 Å². The Bertz CT molecular complexity index is 753. The first-order valence-corrected chi connectivity index (χ1v) is 10.7. The largest absolute Gasteiger partial charge is 0.337 e. The average Bonchev–Trinajstić information content (AvgIpc) is 2.96. The van der Waals surface area contributed by atoms with Gasteiger partial charge >= 0.3 is 0 Å². The van der Waals surface area contributed by atoms with Crippen LogP contribution >= 0.6 is 11.6 Å². The van der Waals surface area contributed by atoms with E-state index < -0.39 is 5.54 Å². The van der Waals surface area contributed by atoms with Crippen molar-refractivity contribution < 1.29 is 9.59 Å². The van der Waals surface area contributed by atoms with E-state index in [1.165, 1.54) is 6.20 Å². The lowest BCUT2D eigenvalue weighted by Gasteiger charge is -2.33. The van der Waals surface area contributed by atoms with E-state index in [1.54, 1.807) is 12.1 Å². The highest BCUT2D eigenvalue weighted by molar-refractivity contribution is 6.30. The highest BCUT2D eigenvalue weighted by atomic mass is 35.5. The van der Waals surface area contributed by atoms with Crippen molar-refractivity contribution in [2.24, 2.45) is 5.92 Å². The summed E-state index contributed by atoms with van der Waals surface area (Å²) in [6.45, 7) is 1.51. The minimum atomic E-state index is -0.736. The molecule has 2 N–H and O–H groups in total. The maximum atomic E-state index is 12.6. The van der Waals surface area contributed by atoms with Gasteiger partial charge in [-0.2, -0.15) is 5.26 Å². The number of carbonyl (C=O) groups excluding carboxylic acids is 2. The Hall–Kier alpha value is -2.17. The lowest BCUT2D eigenvalue weighted by atomic mass is 9.91. The van der Waals surface area contributed by atoms with E-state index in [0.29, 0.717) is 30.2 Å². The Balaban J connectivity index is 1.52. The summed E-state index contributed by atoms with van der Waals surface area (Å²) in [5.41, 5.74) is -0.736. The van der Waals surface area contributed by atoms with E-state index >= 15 is 0 Å². The molecule has 0 bridgehead atoms. The van der Waals surface area contributed by atoms with Crippen molar-refractivity contribution in [2.45, 2.75) is 56.9 Å². The highest BCUT2D eigenvalue weighted by Gasteiger charge is 2.34. The number of anilines is 1. The van der Waals surface area contributed by atoms with E-state index in [2.05, 4.69) is 21.7 Å². The van der Waals surface area contributed by atoms with Gasteiger partial charge < -0.3 is 10.6 Å². The van der Waals surface area contributed by atoms with Gasteiger partial charge in [0, 0.05) is 12.7 Å². The first-order valence-electron chi connectivity index (χ1n) is 10.4. The van der Waals surface area contributed by atoms with Crippen LogP contribution in [-0.2, 0) is 9.59 Å². The van der Waals surface area contributed by atoms with Gasteiger partial charge in [-0.25, -0.2) is 4.98 Å². The molecule has 2 aliphatic rings. The number of pyridine rings is 1. The van der Waals surface area contributed by atoms with Crippen LogP contribution in [0.4, 0.5) is 5.82 Å². The van der Waals surface area contributed by atoms with E-state index in [-0.39, 0.29) is 24.3 Å². The van der Waals surface area contributed by atoms with Crippen molar-refractivity contribution in [1.29, 1.82) is 5.26 Å². The van der Waals surface area contributed by atoms with Crippen molar-refractivity contribution in [1.82, 2.24) is 15.2 Å². The highest BCUT2D eigenvalue weighted by Crippen LogP contribution is 2.26. The Labute approximate surface area is 176 Å². The lowest BCUT2D eigenvalue weighted by molar-refractivity contribution is -0.126. The second-order valence-corrected chi connectivity index (χ2v) is 8.52. The molecular formula is C21H28ClN5O2. The molecule has 1 atom stereocenters. The Morgan fingerprint density at radius 2 is 2.00 bits per heavy atom. The van der Waals surface area contributed by atoms with Crippen molar-refractivity contribution in [3.63, 3.8) is 0 Å². The number of likely N-dealkylation sites (tertiary alicyclic amines) is 1. The number of amides is 2. The summed E-state index contributed by atoms with van der Waals surface area (Å²) in [4.78, 5) is 31.3. The van der Waals surface area contributed by atoms with Gasteiger partial charge in [-0.05, 0) is 44.4 Å². The normalized spacial score (nSPS) is 22.1. The smallest absolute Gasteiger partial charge is 0.235 e. The molecule has 0 aromatic carbocycles. The topological polar surface area (TPSA) is 98.1 Å². The van der Waals surface area contributed by atoms with Gasteiger partial charge in [-0.1, -0.05) is 37.3 Å². The van der Waals surface area contributed by atoms with Crippen LogP contribution in [0.25, 0.3) is 0 Å². The van der Waals surface area contributed by atoms with Gasteiger partial charge in [-0.3, -0.25) is 14.5 Å². The number of piperidine rings is 1. The van der Waals surface area contributed by atoms with E-state index in [1.807, 2.05) is 4.90 Å². The zero-order chi connectivity index (χ0) is 20.7. The first-order chi connectivity index (χ1) is 14.0. The zero-order valence-corrected chi connectivity index (χ0v) is 17.4. The molecule has 1 aromatic heterocycles. The summed E-state index contributed by atoms with van der Waals surface area (Å²) in [7, 11) is 0. The number of nitriles is 1. The molecule has 1 saturated heterocycles. The van der Waals surface area contributed by atoms with Gasteiger partial charge in [0.15, 0.2) is 0 Å². The van der Waals surface area contributed by atoms with E-state index in [0.717, 1.165) is 45.1 Å². The summed E-state index contributed by atoms with van der Waals surface area (Å²) in [6, 6.07) is 5.70. The third-order valence-corrected chi connectivity index (χ3v) is 6.00. The molecule has 1 aromatic rings. The van der Waals surface area contributed by atoms with Crippen LogP contribution in [0.1, 0.15) is 51.4 Å². The number of nitrogens with one attached hydrogen (secondary N) is 2. The Morgan fingerprint density at radius 3 is 2.66 bits per heavy atom. The van der Waals surface area contributed by atoms with Gasteiger partial charge in [0.2, 0.25) is 11.8 Å². The minimum absolute atomic E-state index is 0.0952. The monoisotopic (exact) mass is 417 g/mol. The predicted octanol–water partition coefficient (Wildman–Crippen LogP) is 3.12. The molecular weight excluding hydrogens is 390 g/mol. The van der Waals surface area contributed by atoms with Gasteiger partial charge in [0.05, 0.1) is 23.6 Å². The fourth-order valence-electron chi connectivity index (χ4n) is 4.20. The predicted molar refractivity (Wildman–Crippen MR) is 111 cm³/mol. The van der Waals surface area contributed by atoms with E-state index in [9.17, 15) is 14.9 Å². The molecule has 2 amide bonds. The van der Waals surface area contributed by atoms with Crippen molar-refractivity contribution in [3.05, 3.63) is 23.4 Å². The van der Waals surface area contributed by atoms with Gasteiger partial charge in [0.1, 0.15) is 11.4 Å². The number of hydrogen-bond acceptors (Lipinski definition) is 5. The molecule has 7 nitrogen and oxygen atoms in total. The minimum Gasteiger partial charge on any atom is -0.337 e. The summed E-state index contributed by atoms with van der Waals surface area (Å²) in [5.74, 6) is 0.0477. The number of carbonyl (C=O) groups is 2. The van der Waals surface area contributed by atoms with Crippen molar-refractivity contribution in [3.8, 4) is 6.07 Å². The average molecular weight is 418 g/mol. The number of halogens is 1. The Morgan fingerprint density at radius 1 is 1.24 bits per heavy atom. The zero-order valence-electron chi connectivity index (χ0n) is 16.6. The number of rotatable bonds is 5. The summed E-state index contributed by atoms with van der Waals surface area (Å²) in [6.07, 6.45) is 8.73. The molecule has 8 heteroatoms. The lowest BCUT2D eigenvalue weighted by Crippen LogP contribution is -2.52. The fraction of sp³-hybridized carbons (Fsp3) is 0.619. The standard InChI is InChI=1S/C21H28ClN5O2/c22-17-7-8-18(24-12-17)25-20(29)16-6-5-11-27(13-16)14-19(28)26-21(15-23)9-3-1-2-4-10-21/h7-8,12,16H,1-6,9-11,13-14H2,(H,26,28)(H,24,25,29). The first kappa shape index (κ1) is 21.5. The Kier molecular flexibility index (Phi) is 7.45. The van der Waals surface area contributed by atoms with Crippen LogP contribution in [0.5, 0.6) is 0 Å². The van der Waals surface area contributed by atoms with Crippen molar-refractivity contribution >= 4 is 29.2 Å². The maximum absolute atomic E-state index is 12.6. The molecule has 2 fully saturated rings. The molecule has 1 unspecified atom stereocenters.